The van der Waals surface area contributed by atoms with Gasteiger partial charge in [0.25, 0.3) is 0 Å². The van der Waals surface area contributed by atoms with Gasteiger partial charge in [0, 0.05) is 0 Å². The molecule has 0 aliphatic rings. The molecular formula is C13H7Cl2N5S. The predicted octanol–water partition coefficient (Wildman–Crippen LogP) is 4.20. The van der Waals surface area contributed by atoms with E-state index >= 15 is 0 Å². The standard InChI is InChI=1S/C13H7Cl2N5S/c14-7-4-8(15)12-13(20-21-19-12)11(7)18-10-2-1-6(5-16)3-9(10)17/h1-4,18H,17H2. The van der Waals surface area contributed by atoms with Crippen LogP contribution in [0.5, 0.6) is 0 Å². The highest BCUT2D eigenvalue weighted by molar-refractivity contribution is 7.00. The average Bonchev–Trinajstić information content (AvgIpc) is 2.94. The summed E-state index contributed by atoms with van der Waals surface area (Å²) in [7, 11) is 0. The second kappa shape index (κ2) is 5.37. The number of nitrogens with zero attached hydrogens (tertiary/aromatic N) is 3. The Morgan fingerprint density at radius 1 is 1.14 bits per heavy atom. The predicted molar refractivity (Wildman–Crippen MR) is 86.3 cm³/mol. The molecule has 21 heavy (non-hydrogen) atoms. The molecule has 8 heteroatoms. The average molecular weight is 336 g/mol. The van der Waals surface area contributed by atoms with Gasteiger partial charge >= 0.3 is 0 Å². The first-order chi connectivity index (χ1) is 10.1. The summed E-state index contributed by atoms with van der Waals surface area (Å²) in [5, 5.41) is 12.8. The lowest BCUT2D eigenvalue weighted by Gasteiger charge is -2.12. The Labute approximate surface area is 134 Å². The van der Waals surface area contributed by atoms with Crippen LogP contribution in [0, 0.1) is 11.3 Å². The Balaban J connectivity index is 2.10. The topological polar surface area (TPSA) is 87.6 Å². The highest BCUT2D eigenvalue weighted by atomic mass is 35.5. The number of nitrogens with two attached hydrogens (primary N) is 1. The Morgan fingerprint density at radius 3 is 2.62 bits per heavy atom. The molecular weight excluding hydrogens is 329 g/mol. The molecule has 0 fully saturated rings. The molecule has 0 spiro atoms. The number of benzene rings is 2. The Morgan fingerprint density at radius 2 is 1.90 bits per heavy atom. The number of hydrogen-bond acceptors (Lipinski definition) is 6. The van der Waals surface area contributed by atoms with Crippen molar-refractivity contribution in [3.8, 4) is 6.07 Å². The highest BCUT2D eigenvalue weighted by Gasteiger charge is 2.15. The normalized spacial score (nSPS) is 10.5. The van der Waals surface area contributed by atoms with Gasteiger partial charge < -0.3 is 11.1 Å². The van der Waals surface area contributed by atoms with E-state index < -0.39 is 0 Å². The molecule has 0 unspecified atom stereocenters. The van der Waals surface area contributed by atoms with Crippen molar-refractivity contribution in [1.82, 2.24) is 8.75 Å². The second-order valence-corrected chi connectivity index (χ2v) is 5.56. The molecule has 5 nitrogen and oxygen atoms in total. The van der Waals surface area contributed by atoms with Gasteiger partial charge in [-0.3, -0.25) is 0 Å². The monoisotopic (exact) mass is 335 g/mol. The summed E-state index contributed by atoms with van der Waals surface area (Å²) in [4.78, 5) is 0. The lowest BCUT2D eigenvalue weighted by Crippen LogP contribution is -1.98. The summed E-state index contributed by atoms with van der Waals surface area (Å²) in [6.07, 6.45) is 0. The number of halogens is 2. The van der Waals surface area contributed by atoms with Crippen LogP contribution in [-0.2, 0) is 0 Å². The lowest BCUT2D eigenvalue weighted by molar-refractivity contribution is 1.47. The summed E-state index contributed by atoms with van der Waals surface area (Å²) >= 11 is 13.4. The maximum absolute atomic E-state index is 8.85. The molecule has 3 rings (SSSR count). The van der Waals surface area contributed by atoms with E-state index in [1.54, 1.807) is 24.3 Å². The fourth-order valence-electron chi connectivity index (χ4n) is 1.87. The van der Waals surface area contributed by atoms with E-state index in [1.807, 2.05) is 6.07 Å². The fourth-order valence-corrected chi connectivity index (χ4v) is 3.03. The van der Waals surface area contributed by atoms with Gasteiger partial charge in [0.2, 0.25) is 0 Å². The summed E-state index contributed by atoms with van der Waals surface area (Å²) in [6.45, 7) is 0. The van der Waals surface area contributed by atoms with Crippen LogP contribution in [0.3, 0.4) is 0 Å². The SMILES string of the molecule is N#Cc1ccc(Nc2c(Cl)cc(Cl)c3nsnc23)c(N)c1. The van der Waals surface area contributed by atoms with Crippen LogP contribution in [-0.4, -0.2) is 8.75 Å². The van der Waals surface area contributed by atoms with Crippen LogP contribution < -0.4 is 11.1 Å². The van der Waals surface area contributed by atoms with Crippen LogP contribution in [0.25, 0.3) is 11.0 Å². The van der Waals surface area contributed by atoms with Crippen LogP contribution in [0.1, 0.15) is 5.56 Å². The van der Waals surface area contributed by atoms with E-state index in [4.69, 9.17) is 34.2 Å². The molecule has 1 aromatic heterocycles. The van der Waals surface area contributed by atoms with Crippen molar-refractivity contribution in [2.75, 3.05) is 11.1 Å². The number of nitriles is 1. The Hall–Kier alpha value is -2.07. The van der Waals surface area contributed by atoms with E-state index in [2.05, 4.69) is 14.1 Å². The zero-order chi connectivity index (χ0) is 15.0. The molecule has 104 valence electrons. The molecule has 3 N–H and O–H groups in total. The van der Waals surface area contributed by atoms with Gasteiger partial charge in [0.15, 0.2) is 0 Å². The van der Waals surface area contributed by atoms with Crippen LogP contribution in [0.15, 0.2) is 24.3 Å². The van der Waals surface area contributed by atoms with Crippen LogP contribution >= 0.6 is 34.9 Å². The summed E-state index contributed by atoms with van der Waals surface area (Å²) < 4.78 is 8.34. The molecule has 0 saturated heterocycles. The molecule has 3 aromatic rings. The number of nitrogens with one attached hydrogen (secondary N) is 1. The van der Waals surface area contributed by atoms with Crippen molar-refractivity contribution in [1.29, 1.82) is 5.26 Å². The molecule has 0 aliphatic heterocycles. The second-order valence-electron chi connectivity index (χ2n) is 4.22. The number of fused-ring (bicyclic) bond motifs is 1. The van der Waals surface area contributed by atoms with E-state index in [9.17, 15) is 0 Å². The molecule has 0 radical (unpaired) electrons. The minimum Gasteiger partial charge on any atom is -0.397 e. The molecule has 1 heterocycles. The van der Waals surface area contributed by atoms with Gasteiger partial charge in [0.1, 0.15) is 11.0 Å². The third-order valence-electron chi connectivity index (χ3n) is 2.88. The smallest absolute Gasteiger partial charge is 0.131 e. The largest absolute Gasteiger partial charge is 0.397 e. The van der Waals surface area contributed by atoms with Gasteiger partial charge in [0.05, 0.1) is 50.5 Å². The van der Waals surface area contributed by atoms with Crippen molar-refractivity contribution < 1.29 is 0 Å². The lowest BCUT2D eigenvalue weighted by atomic mass is 10.1. The number of hydrogen-bond donors (Lipinski definition) is 2. The van der Waals surface area contributed by atoms with E-state index in [0.29, 0.717) is 43.7 Å². The third kappa shape index (κ3) is 2.47. The number of nitrogen functional groups attached to an aromatic ring is 1. The van der Waals surface area contributed by atoms with Crippen LogP contribution in [0.2, 0.25) is 10.0 Å². The maximum atomic E-state index is 8.85. The zero-order valence-corrected chi connectivity index (χ0v) is 12.7. The summed E-state index contributed by atoms with van der Waals surface area (Å²) in [6, 6.07) is 8.60. The van der Waals surface area contributed by atoms with Gasteiger partial charge in [-0.25, -0.2) is 0 Å². The van der Waals surface area contributed by atoms with Crippen molar-refractivity contribution in [2.45, 2.75) is 0 Å². The quantitative estimate of drug-likeness (QED) is 0.685. The van der Waals surface area contributed by atoms with Gasteiger partial charge in [-0.2, -0.15) is 14.0 Å². The van der Waals surface area contributed by atoms with Crippen molar-refractivity contribution >= 4 is 63.0 Å². The van der Waals surface area contributed by atoms with E-state index in [1.165, 1.54) is 0 Å². The molecule has 0 saturated carbocycles. The maximum Gasteiger partial charge on any atom is 0.131 e. The van der Waals surface area contributed by atoms with Crippen molar-refractivity contribution in [3.05, 3.63) is 39.9 Å². The number of aromatic nitrogens is 2. The van der Waals surface area contributed by atoms with Gasteiger partial charge in [-0.05, 0) is 24.3 Å². The highest BCUT2D eigenvalue weighted by Crippen LogP contribution is 2.37. The van der Waals surface area contributed by atoms with Crippen molar-refractivity contribution in [2.24, 2.45) is 0 Å². The first-order valence-electron chi connectivity index (χ1n) is 5.77. The van der Waals surface area contributed by atoms with Gasteiger partial charge in [-0.15, -0.1) is 0 Å². The third-order valence-corrected chi connectivity index (χ3v) is 4.00. The summed E-state index contributed by atoms with van der Waals surface area (Å²) in [5.74, 6) is 0. The fraction of sp³-hybridized carbons (Fsp3) is 0. The number of anilines is 3. The zero-order valence-electron chi connectivity index (χ0n) is 10.4. The number of rotatable bonds is 2. The van der Waals surface area contributed by atoms with Gasteiger partial charge in [-0.1, -0.05) is 23.2 Å². The minimum absolute atomic E-state index is 0.420. The molecule has 0 aliphatic carbocycles. The van der Waals surface area contributed by atoms with E-state index in [0.717, 1.165) is 11.7 Å². The molecule has 0 atom stereocenters. The minimum atomic E-state index is 0.420. The van der Waals surface area contributed by atoms with Crippen LogP contribution in [0.4, 0.5) is 17.1 Å². The Bertz CT molecular complexity index is 884. The molecule has 0 bridgehead atoms. The molecule has 0 amide bonds. The summed E-state index contributed by atoms with van der Waals surface area (Å²) in [5.41, 5.74) is 9.24. The first kappa shape index (κ1) is 13.9. The Kier molecular flexibility index (Phi) is 3.55. The molecule has 2 aromatic carbocycles. The van der Waals surface area contributed by atoms with Crippen molar-refractivity contribution in [3.63, 3.8) is 0 Å². The van der Waals surface area contributed by atoms with E-state index in [-0.39, 0.29) is 0 Å². The first-order valence-corrected chi connectivity index (χ1v) is 7.25.